The maximum atomic E-state index is 13.0. The number of hydrogen-bond acceptors (Lipinski definition) is 5. The second-order valence-corrected chi connectivity index (χ2v) is 25.7. The van der Waals surface area contributed by atoms with E-state index in [0.29, 0.717) is 17.4 Å². The molecule has 0 aromatic carbocycles. The number of carbonyl (C=O) groups excluding carboxylic acids is 1. The minimum absolute atomic E-state index is 0.0652. The van der Waals surface area contributed by atoms with Gasteiger partial charge in [0, 0.05) is 6.42 Å². The van der Waals surface area contributed by atoms with Crippen molar-refractivity contribution in [3.8, 4) is 0 Å². The predicted molar refractivity (Wildman–Crippen MR) is 323 cm³/mol. The Balaban J connectivity index is 3.91. The number of hydrogen-bond donors (Lipinski definition) is 3. The number of rotatable bonds is 62. The van der Waals surface area contributed by atoms with Gasteiger partial charge in [-0.2, -0.15) is 0 Å². The van der Waals surface area contributed by atoms with Gasteiger partial charge in [-0.15, -0.1) is 0 Å². The Morgan fingerprint density at radius 1 is 0.446 bits per heavy atom. The van der Waals surface area contributed by atoms with Crippen molar-refractivity contribution in [1.82, 2.24) is 5.32 Å². The van der Waals surface area contributed by atoms with Crippen LogP contribution in [0, 0.1) is 0 Å². The summed E-state index contributed by atoms with van der Waals surface area (Å²) in [5.74, 6) is -0.169. The molecule has 0 saturated heterocycles. The second-order valence-electron chi connectivity index (χ2n) is 24.2. The van der Waals surface area contributed by atoms with Gasteiger partial charge in [-0.3, -0.25) is 13.8 Å². The van der Waals surface area contributed by atoms with Crippen LogP contribution in [0.25, 0.3) is 0 Å². The molecule has 9 heteroatoms. The highest BCUT2D eigenvalue weighted by Crippen LogP contribution is 2.43. The number of allylic oxidation sites excluding steroid dienone is 1. The Bertz CT molecular complexity index is 1210. The highest BCUT2D eigenvalue weighted by molar-refractivity contribution is 7.47. The van der Waals surface area contributed by atoms with Gasteiger partial charge < -0.3 is 19.8 Å². The molecule has 74 heavy (non-hydrogen) atoms. The number of likely N-dealkylation sites (N-methyl/N-ethyl adjacent to an activating group) is 1. The summed E-state index contributed by atoms with van der Waals surface area (Å²) >= 11 is 0. The molecule has 442 valence electrons. The van der Waals surface area contributed by atoms with Crippen LogP contribution in [-0.4, -0.2) is 73.4 Å². The Morgan fingerprint density at radius 2 is 0.716 bits per heavy atom. The van der Waals surface area contributed by atoms with E-state index in [4.69, 9.17) is 9.05 Å². The number of phosphoric ester groups is 1. The number of quaternary nitrogens is 1. The van der Waals surface area contributed by atoms with Crippen LogP contribution in [0.4, 0.5) is 0 Å². The molecule has 0 heterocycles. The van der Waals surface area contributed by atoms with Crippen LogP contribution in [0.5, 0.6) is 0 Å². The summed E-state index contributed by atoms with van der Waals surface area (Å²) < 4.78 is 23.7. The molecule has 3 N–H and O–H groups in total. The van der Waals surface area contributed by atoms with Crippen molar-refractivity contribution < 1.29 is 32.9 Å². The van der Waals surface area contributed by atoms with Gasteiger partial charge in [-0.25, -0.2) is 4.57 Å². The molecule has 0 fully saturated rings. The van der Waals surface area contributed by atoms with Crippen LogP contribution >= 0.6 is 7.82 Å². The van der Waals surface area contributed by atoms with Crippen molar-refractivity contribution >= 4 is 13.7 Å². The summed E-state index contributed by atoms with van der Waals surface area (Å²) in [6.45, 7) is 4.87. The number of nitrogens with one attached hydrogen (secondary N) is 1. The first-order chi connectivity index (χ1) is 36.0. The highest BCUT2D eigenvalue weighted by Gasteiger charge is 2.28. The Labute approximate surface area is 462 Å². The topological polar surface area (TPSA) is 105 Å². The van der Waals surface area contributed by atoms with Gasteiger partial charge in [0.2, 0.25) is 5.91 Å². The summed E-state index contributed by atoms with van der Waals surface area (Å²) in [5.41, 5.74) is 0. The minimum atomic E-state index is -4.34. The molecule has 3 unspecified atom stereocenters. The van der Waals surface area contributed by atoms with Crippen LogP contribution in [0.3, 0.4) is 0 Å². The van der Waals surface area contributed by atoms with Crippen molar-refractivity contribution in [3.05, 3.63) is 12.2 Å². The zero-order chi connectivity index (χ0) is 54.2. The first-order valence-corrected chi connectivity index (χ1v) is 34.6. The fourth-order valence-corrected chi connectivity index (χ4v) is 11.1. The van der Waals surface area contributed by atoms with Crippen molar-refractivity contribution in [3.63, 3.8) is 0 Å². The van der Waals surface area contributed by atoms with Gasteiger partial charge in [-0.1, -0.05) is 334 Å². The maximum Gasteiger partial charge on any atom is 0.472 e. The summed E-state index contributed by atoms with van der Waals surface area (Å²) in [6.07, 6.45) is 72.2. The Morgan fingerprint density at radius 3 is 1.00 bits per heavy atom. The van der Waals surface area contributed by atoms with Gasteiger partial charge in [0.25, 0.3) is 0 Å². The number of unbranched alkanes of at least 4 members (excludes halogenated alkanes) is 49. The summed E-state index contributed by atoms with van der Waals surface area (Å²) in [6, 6.07) is -0.842. The third-order valence-electron chi connectivity index (χ3n) is 15.5. The van der Waals surface area contributed by atoms with E-state index in [-0.39, 0.29) is 19.1 Å². The molecule has 0 aliphatic carbocycles. The van der Waals surface area contributed by atoms with Crippen molar-refractivity contribution in [2.24, 2.45) is 0 Å². The largest absolute Gasteiger partial charge is 0.472 e. The molecule has 0 spiro atoms. The molecule has 0 aliphatic rings. The van der Waals surface area contributed by atoms with Gasteiger partial charge in [0.1, 0.15) is 13.2 Å². The van der Waals surface area contributed by atoms with E-state index < -0.39 is 20.0 Å². The van der Waals surface area contributed by atoms with Gasteiger partial charge in [0.15, 0.2) is 0 Å². The lowest BCUT2D eigenvalue weighted by molar-refractivity contribution is -0.870. The lowest BCUT2D eigenvalue weighted by atomic mass is 10.0. The fraction of sp³-hybridized carbons (Fsp3) is 0.954. The third-order valence-corrected chi connectivity index (χ3v) is 16.5. The quantitative estimate of drug-likeness (QED) is 0.0243. The summed E-state index contributed by atoms with van der Waals surface area (Å²) in [5, 5.41) is 14.0. The van der Waals surface area contributed by atoms with Crippen LogP contribution < -0.4 is 5.32 Å². The highest BCUT2D eigenvalue weighted by atomic mass is 31.2. The fourth-order valence-electron chi connectivity index (χ4n) is 10.3. The monoisotopic (exact) mass is 1070 g/mol. The third kappa shape index (κ3) is 58.9. The molecular formula is C65H132N2O6P+. The number of carbonyl (C=O) groups is 1. The number of amides is 1. The zero-order valence-corrected chi connectivity index (χ0v) is 51.5. The molecule has 0 aromatic rings. The first-order valence-electron chi connectivity index (χ1n) is 33.1. The molecule has 3 atom stereocenters. The smallest absolute Gasteiger partial charge is 0.387 e. The van der Waals surface area contributed by atoms with Gasteiger partial charge in [0.05, 0.1) is 39.9 Å². The van der Waals surface area contributed by atoms with Crippen LogP contribution in [-0.2, 0) is 18.4 Å². The molecule has 0 radical (unpaired) electrons. The maximum absolute atomic E-state index is 13.0. The predicted octanol–water partition coefficient (Wildman–Crippen LogP) is 20.6. The summed E-state index contributed by atoms with van der Waals surface area (Å²) in [4.78, 5) is 23.3. The Hall–Kier alpha value is -0.760. The average molecular weight is 1070 g/mol. The lowest BCUT2D eigenvalue weighted by Crippen LogP contribution is -2.45. The molecular weight excluding hydrogens is 936 g/mol. The summed E-state index contributed by atoms with van der Waals surface area (Å²) in [7, 11) is 1.59. The molecule has 0 aliphatic heterocycles. The zero-order valence-electron chi connectivity index (χ0n) is 50.6. The van der Waals surface area contributed by atoms with Crippen molar-refractivity contribution in [1.29, 1.82) is 0 Å². The number of aliphatic hydroxyl groups is 1. The molecule has 0 bridgehead atoms. The Kier molecular flexibility index (Phi) is 56.4. The van der Waals surface area contributed by atoms with Gasteiger partial charge in [-0.05, 0) is 19.3 Å². The van der Waals surface area contributed by atoms with Crippen molar-refractivity contribution in [2.45, 2.75) is 360 Å². The minimum Gasteiger partial charge on any atom is -0.387 e. The van der Waals surface area contributed by atoms with E-state index in [1.807, 2.05) is 27.2 Å². The standard InChI is InChI=1S/C65H131N2O6P/c1-6-8-10-12-14-16-18-20-22-24-25-26-27-28-29-30-31-32-33-34-35-36-37-38-39-40-41-42-43-45-47-49-51-53-55-57-59-65(69)66-63(62-73-74(70,71)72-61-60-67(3,4)5)64(68)58-56-54-52-50-48-46-44-23-21-19-17-15-13-11-9-7-2/h56,58,63-64,68H,6-55,57,59-62H2,1-5H3,(H-,66,69,70,71)/p+1/b58-56+. The van der Waals surface area contributed by atoms with Gasteiger partial charge >= 0.3 is 7.82 Å². The molecule has 8 nitrogen and oxygen atoms in total. The van der Waals surface area contributed by atoms with Crippen LogP contribution in [0.1, 0.15) is 348 Å². The number of nitrogens with zero attached hydrogens (tertiary/aromatic N) is 1. The number of aliphatic hydroxyl groups excluding tert-OH is 1. The molecule has 0 rings (SSSR count). The van der Waals surface area contributed by atoms with Crippen LogP contribution in [0.15, 0.2) is 12.2 Å². The van der Waals surface area contributed by atoms with Crippen molar-refractivity contribution in [2.75, 3.05) is 40.9 Å². The normalized spacial score (nSPS) is 13.8. The average Bonchev–Trinajstić information content (AvgIpc) is 3.36. The molecule has 1 amide bonds. The number of phosphoric acid groups is 1. The van der Waals surface area contributed by atoms with E-state index in [0.717, 1.165) is 32.1 Å². The van der Waals surface area contributed by atoms with Crippen LogP contribution in [0.2, 0.25) is 0 Å². The SMILES string of the molecule is CCCCCCCCCCCCCCCC/C=C/C(O)C(COP(=O)(O)OCC[N+](C)(C)C)NC(=O)CCCCCCCCCCCCCCCCCCCCCCCCCCCCCCCCCCCCCC. The van der Waals surface area contributed by atoms with E-state index in [2.05, 4.69) is 19.2 Å². The van der Waals surface area contributed by atoms with E-state index in [1.54, 1.807) is 6.08 Å². The molecule has 0 saturated carbocycles. The van der Waals surface area contributed by atoms with E-state index >= 15 is 0 Å². The van der Waals surface area contributed by atoms with E-state index in [1.165, 1.54) is 295 Å². The second kappa shape index (κ2) is 56.9. The lowest BCUT2D eigenvalue weighted by Gasteiger charge is -2.25. The first kappa shape index (κ1) is 73.2. The molecule has 0 aromatic heterocycles. The van der Waals surface area contributed by atoms with E-state index in [9.17, 15) is 19.4 Å².